The van der Waals surface area contributed by atoms with Crippen LogP contribution in [0, 0.1) is 13.8 Å². The summed E-state index contributed by atoms with van der Waals surface area (Å²) < 4.78 is 10.0. The van der Waals surface area contributed by atoms with Crippen molar-refractivity contribution in [1.29, 1.82) is 0 Å². The van der Waals surface area contributed by atoms with E-state index in [2.05, 4.69) is 0 Å². The molecular formula is C22H20O4S2. The molecule has 0 unspecified atom stereocenters. The second-order valence-electron chi connectivity index (χ2n) is 6.24. The summed E-state index contributed by atoms with van der Waals surface area (Å²) in [5.41, 5.74) is 3.93. The van der Waals surface area contributed by atoms with Gasteiger partial charge >= 0.3 is 11.9 Å². The smallest absolute Gasteiger partial charge is 0.345 e. The lowest BCUT2D eigenvalue weighted by molar-refractivity contribution is -0.136. The SMILES string of the molecule is COC(=O)C1=C(c2ccc(C)cc2)SC(C(=O)OC)=C(c2ccc(C)cc2)S1. The Balaban J connectivity index is 2.15. The van der Waals surface area contributed by atoms with Crippen LogP contribution in [0.1, 0.15) is 22.3 Å². The van der Waals surface area contributed by atoms with E-state index in [1.54, 1.807) is 0 Å². The quantitative estimate of drug-likeness (QED) is 0.646. The summed E-state index contributed by atoms with van der Waals surface area (Å²) in [5, 5.41) is 0. The van der Waals surface area contributed by atoms with Crippen molar-refractivity contribution in [3.63, 3.8) is 0 Å². The Kier molecular flexibility index (Phi) is 6.31. The summed E-state index contributed by atoms with van der Waals surface area (Å²) in [4.78, 5) is 27.4. The van der Waals surface area contributed by atoms with E-state index in [9.17, 15) is 9.59 Å². The third kappa shape index (κ3) is 4.18. The maximum absolute atomic E-state index is 12.5. The number of hydrogen-bond donors (Lipinski definition) is 0. The summed E-state index contributed by atoms with van der Waals surface area (Å²) in [5.74, 6) is -0.858. The van der Waals surface area contributed by atoms with Gasteiger partial charge in [-0.05, 0) is 25.0 Å². The van der Waals surface area contributed by atoms with Crippen molar-refractivity contribution in [1.82, 2.24) is 0 Å². The maximum Gasteiger partial charge on any atom is 0.345 e. The highest BCUT2D eigenvalue weighted by molar-refractivity contribution is 8.20. The van der Waals surface area contributed by atoms with Crippen molar-refractivity contribution >= 4 is 45.3 Å². The number of benzene rings is 2. The minimum atomic E-state index is -0.429. The molecule has 0 aromatic heterocycles. The molecule has 0 bridgehead atoms. The highest BCUT2D eigenvalue weighted by Gasteiger charge is 2.32. The molecule has 3 rings (SSSR count). The molecule has 144 valence electrons. The average Bonchev–Trinajstić information content (AvgIpc) is 2.73. The van der Waals surface area contributed by atoms with Crippen molar-refractivity contribution in [3.8, 4) is 0 Å². The molecule has 0 saturated heterocycles. The van der Waals surface area contributed by atoms with Crippen LogP contribution >= 0.6 is 23.5 Å². The monoisotopic (exact) mass is 412 g/mol. The van der Waals surface area contributed by atoms with Gasteiger partial charge in [-0.1, -0.05) is 83.2 Å². The van der Waals surface area contributed by atoms with E-state index in [1.165, 1.54) is 37.7 Å². The minimum absolute atomic E-state index is 0.429. The molecular weight excluding hydrogens is 392 g/mol. The molecule has 4 nitrogen and oxygen atoms in total. The Labute approximate surface area is 173 Å². The Hall–Kier alpha value is -2.44. The molecule has 0 atom stereocenters. The molecule has 1 aliphatic heterocycles. The number of thioether (sulfide) groups is 2. The number of carbonyl (C=O) groups excluding carboxylic acids is 2. The predicted octanol–water partition coefficient (Wildman–Crippen LogP) is 5.17. The average molecular weight is 413 g/mol. The highest BCUT2D eigenvalue weighted by Crippen LogP contribution is 2.53. The van der Waals surface area contributed by atoms with Gasteiger partial charge in [0.05, 0.1) is 14.2 Å². The zero-order valence-electron chi connectivity index (χ0n) is 16.1. The summed E-state index contributed by atoms with van der Waals surface area (Å²) >= 11 is 2.49. The second kappa shape index (κ2) is 8.71. The normalized spacial score (nSPS) is 14.1. The van der Waals surface area contributed by atoms with Gasteiger partial charge in [-0.15, -0.1) is 0 Å². The van der Waals surface area contributed by atoms with Crippen LogP contribution in [0.25, 0.3) is 9.81 Å². The molecule has 2 aromatic carbocycles. The zero-order chi connectivity index (χ0) is 20.3. The van der Waals surface area contributed by atoms with E-state index in [1.807, 2.05) is 62.4 Å². The van der Waals surface area contributed by atoms with Crippen LogP contribution in [0.5, 0.6) is 0 Å². The van der Waals surface area contributed by atoms with Crippen LogP contribution in [-0.4, -0.2) is 26.2 Å². The molecule has 6 heteroatoms. The van der Waals surface area contributed by atoms with Crippen molar-refractivity contribution < 1.29 is 19.1 Å². The number of rotatable bonds is 4. The first-order valence-electron chi connectivity index (χ1n) is 8.59. The third-order valence-corrected chi connectivity index (χ3v) is 6.89. The van der Waals surface area contributed by atoms with E-state index < -0.39 is 11.9 Å². The van der Waals surface area contributed by atoms with Gasteiger partial charge in [0.15, 0.2) is 0 Å². The Morgan fingerprint density at radius 1 is 0.643 bits per heavy atom. The van der Waals surface area contributed by atoms with Gasteiger partial charge in [0.25, 0.3) is 0 Å². The number of carbonyl (C=O) groups is 2. The molecule has 1 aliphatic rings. The summed E-state index contributed by atoms with van der Waals surface area (Å²) in [7, 11) is 2.72. The van der Waals surface area contributed by atoms with Crippen LogP contribution < -0.4 is 0 Å². The van der Waals surface area contributed by atoms with Gasteiger partial charge in [-0.25, -0.2) is 9.59 Å². The minimum Gasteiger partial charge on any atom is -0.465 e. The number of methoxy groups -OCH3 is 2. The lowest BCUT2D eigenvalue weighted by Gasteiger charge is -2.23. The van der Waals surface area contributed by atoms with E-state index in [-0.39, 0.29) is 0 Å². The van der Waals surface area contributed by atoms with Gasteiger partial charge < -0.3 is 9.47 Å². The third-order valence-electron chi connectivity index (χ3n) is 4.19. The molecule has 0 fully saturated rings. The fourth-order valence-electron chi connectivity index (χ4n) is 2.63. The van der Waals surface area contributed by atoms with Crippen LogP contribution in [0.15, 0.2) is 58.3 Å². The molecule has 0 spiro atoms. The Bertz CT molecular complexity index is 889. The fraction of sp³-hybridized carbons (Fsp3) is 0.182. The summed E-state index contributed by atoms with van der Waals surface area (Å²) in [6, 6.07) is 15.6. The zero-order valence-corrected chi connectivity index (χ0v) is 17.7. The highest BCUT2D eigenvalue weighted by atomic mass is 32.2. The van der Waals surface area contributed by atoms with Crippen molar-refractivity contribution in [3.05, 3.63) is 80.6 Å². The van der Waals surface area contributed by atoms with Gasteiger partial charge in [0, 0.05) is 9.81 Å². The first kappa shape index (κ1) is 20.3. The number of hydrogen-bond acceptors (Lipinski definition) is 6. The molecule has 0 radical (unpaired) electrons. The first-order chi connectivity index (χ1) is 13.4. The lowest BCUT2D eigenvalue weighted by Crippen LogP contribution is -2.12. The van der Waals surface area contributed by atoms with Crippen molar-refractivity contribution in [2.45, 2.75) is 13.8 Å². The van der Waals surface area contributed by atoms with E-state index in [0.717, 1.165) is 22.3 Å². The summed E-state index contributed by atoms with van der Waals surface area (Å²) in [6.45, 7) is 3.99. The lowest BCUT2D eigenvalue weighted by atomic mass is 10.1. The number of aryl methyl sites for hydroxylation is 2. The predicted molar refractivity (Wildman–Crippen MR) is 115 cm³/mol. The van der Waals surface area contributed by atoms with E-state index in [0.29, 0.717) is 19.6 Å². The fourth-order valence-corrected chi connectivity index (χ4v) is 5.16. The molecule has 0 amide bonds. The van der Waals surface area contributed by atoms with Gasteiger partial charge in [-0.3, -0.25) is 0 Å². The molecule has 0 aliphatic carbocycles. The molecule has 2 aromatic rings. The second-order valence-corrected chi connectivity index (χ2v) is 8.28. The largest absolute Gasteiger partial charge is 0.465 e. The number of ether oxygens (including phenoxy) is 2. The van der Waals surface area contributed by atoms with Crippen LogP contribution in [0.4, 0.5) is 0 Å². The van der Waals surface area contributed by atoms with E-state index >= 15 is 0 Å². The topological polar surface area (TPSA) is 52.6 Å². The first-order valence-corrected chi connectivity index (χ1v) is 10.2. The van der Waals surface area contributed by atoms with E-state index in [4.69, 9.17) is 9.47 Å². The van der Waals surface area contributed by atoms with Gasteiger partial charge in [-0.2, -0.15) is 0 Å². The van der Waals surface area contributed by atoms with Crippen molar-refractivity contribution in [2.24, 2.45) is 0 Å². The summed E-state index contributed by atoms with van der Waals surface area (Å²) in [6.07, 6.45) is 0. The standard InChI is InChI=1S/C22H20O4S2/c1-13-5-9-15(10-6-13)17-19(21(23)25-3)28-18(20(27-17)22(24)26-4)16-11-7-14(2)8-12-16/h5-12H,1-4H3. The molecule has 1 heterocycles. The van der Waals surface area contributed by atoms with Crippen LogP contribution in [0.3, 0.4) is 0 Å². The Morgan fingerprint density at radius 2 is 0.964 bits per heavy atom. The van der Waals surface area contributed by atoms with Crippen molar-refractivity contribution in [2.75, 3.05) is 14.2 Å². The number of esters is 2. The van der Waals surface area contributed by atoms with Gasteiger partial charge in [0.2, 0.25) is 0 Å². The van der Waals surface area contributed by atoms with Gasteiger partial charge in [0.1, 0.15) is 9.81 Å². The molecule has 0 N–H and O–H groups in total. The molecule has 0 saturated carbocycles. The van der Waals surface area contributed by atoms with Crippen LogP contribution in [-0.2, 0) is 19.1 Å². The van der Waals surface area contributed by atoms with Crippen LogP contribution in [0.2, 0.25) is 0 Å². The molecule has 28 heavy (non-hydrogen) atoms. The maximum atomic E-state index is 12.5. The Morgan fingerprint density at radius 3 is 1.25 bits per heavy atom.